The van der Waals surface area contributed by atoms with Crippen LogP contribution in [0.4, 0.5) is 17.1 Å². The molecule has 0 atom stereocenters. The molecule has 38 heavy (non-hydrogen) atoms. The van der Waals surface area contributed by atoms with Gasteiger partial charge in [-0.2, -0.15) is 11.8 Å². The Hall–Kier alpha value is -3.20. The van der Waals surface area contributed by atoms with Crippen molar-refractivity contribution in [3.63, 3.8) is 0 Å². The summed E-state index contributed by atoms with van der Waals surface area (Å²) in [6, 6.07) is 20.5. The Labute approximate surface area is 236 Å². The van der Waals surface area contributed by atoms with E-state index in [2.05, 4.69) is 25.5 Å². The lowest BCUT2D eigenvalue weighted by atomic mass is 10.2. The van der Waals surface area contributed by atoms with Crippen molar-refractivity contribution in [2.75, 3.05) is 52.4 Å². The Morgan fingerprint density at radius 1 is 0.947 bits per heavy atom. The third-order valence-electron chi connectivity index (χ3n) is 5.90. The number of benzene rings is 3. The van der Waals surface area contributed by atoms with Crippen LogP contribution in [-0.2, 0) is 4.79 Å². The van der Waals surface area contributed by atoms with Crippen LogP contribution in [0.1, 0.15) is 16.8 Å². The first-order valence-corrected chi connectivity index (χ1v) is 14.6. The summed E-state index contributed by atoms with van der Waals surface area (Å²) >= 11 is 13.4. The average Bonchev–Trinajstić information content (AvgIpc) is 3.36. The second-order valence-electron chi connectivity index (χ2n) is 8.56. The molecule has 0 saturated heterocycles. The van der Waals surface area contributed by atoms with Crippen LogP contribution in [0.5, 0.6) is 0 Å². The van der Waals surface area contributed by atoms with Crippen LogP contribution in [0.15, 0.2) is 66.7 Å². The van der Waals surface area contributed by atoms with E-state index >= 15 is 0 Å². The number of hydrogen-bond acceptors (Lipinski definition) is 5. The summed E-state index contributed by atoms with van der Waals surface area (Å²) in [7, 11) is 0. The molecule has 4 aromatic rings. The third kappa shape index (κ3) is 7.22. The number of halogens is 2. The van der Waals surface area contributed by atoms with Crippen molar-refractivity contribution < 1.29 is 9.59 Å². The number of amides is 2. The number of imidazole rings is 1. The molecule has 0 aliphatic heterocycles. The highest BCUT2D eigenvalue weighted by atomic mass is 35.5. The smallest absolute Gasteiger partial charge is 0.255 e. The predicted octanol–water partition coefficient (Wildman–Crippen LogP) is 6.46. The molecule has 198 valence electrons. The largest absolute Gasteiger partial charge is 0.369 e. The molecular weight excluding hydrogens is 541 g/mol. The topological polar surface area (TPSA) is 90.1 Å². The van der Waals surface area contributed by atoms with Crippen LogP contribution in [0, 0.1) is 0 Å². The SMILES string of the molecule is CSCCC(=O)Nc1cccc(-c2nc3ccc(C(=O)Nc4ccc(N(CCCl)CCCl)cc4)cc3[nH]2)c1. The van der Waals surface area contributed by atoms with E-state index in [-0.39, 0.29) is 11.8 Å². The van der Waals surface area contributed by atoms with Crippen molar-refractivity contribution >= 4 is 74.9 Å². The molecule has 0 radical (unpaired) electrons. The number of aromatic amines is 1. The molecule has 0 fully saturated rings. The van der Waals surface area contributed by atoms with E-state index in [9.17, 15) is 9.59 Å². The molecule has 0 unspecified atom stereocenters. The summed E-state index contributed by atoms with van der Waals surface area (Å²) in [5.41, 5.74) is 5.25. The maximum atomic E-state index is 12.9. The minimum atomic E-state index is -0.218. The Morgan fingerprint density at radius 3 is 2.42 bits per heavy atom. The second kappa shape index (κ2) is 13.6. The Bertz CT molecular complexity index is 1390. The first kappa shape index (κ1) is 27.8. The number of carbonyl (C=O) groups excluding carboxylic acids is 2. The van der Waals surface area contributed by atoms with E-state index in [0.717, 1.165) is 28.0 Å². The Kier molecular flexibility index (Phi) is 9.92. The van der Waals surface area contributed by atoms with Crippen molar-refractivity contribution in [1.29, 1.82) is 0 Å². The van der Waals surface area contributed by atoms with Crippen LogP contribution in [0.3, 0.4) is 0 Å². The molecule has 2 amide bonds. The van der Waals surface area contributed by atoms with Crippen molar-refractivity contribution in [2.45, 2.75) is 6.42 Å². The van der Waals surface area contributed by atoms with Gasteiger partial charge in [0.2, 0.25) is 5.91 Å². The minimum absolute atomic E-state index is 0.0192. The number of anilines is 3. The van der Waals surface area contributed by atoms with Gasteiger partial charge in [-0.1, -0.05) is 12.1 Å². The summed E-state index contributed by atoms with van der Waals surface area (Å²) in [5.74, 6) is 2.21. The zero-order valence-electron chi connectivity index (χ0n) is 21.0. The molecule has 0 spiro atoms. The van der Waals surface area contributed by atoms with Crippen LogP contribution in [-0.4, -0.2) is 58.6 Å². The van der Waals surface area contributed by atoms with Crippen LogP contribution in [0.25, 0.3) is 22.4 Å². The summed E-state index contributed by atoms with van der Waals surface area (Å²) in [6.07, 6.45) is 2.44. The van der Waals surface area contributed by atoms with Crippen molar-refractivity contribution in [3.8, 4) is 11.4 Å². The lowest BCUT2D eigenvalue weighted by Crippen LogP contribution is -2.27. The van der Waals surface area contributed by atoms with Gasteiger partial charge in [0.1, 0.15) is 5.82 Å². The van der Waals surface area contributed by atoms with Crippen molar-refractivity contribution in [3.05, 3.63) is 72.3 Å². The number of carbonyl (C=O) groups is 2. The molecule has 3 aromatic carbocycles. The highest BCUT2D eigenvalue weighted by Gasteiger charge is 2.12. The van der Waals surface area contributed by atoms with Crippen LogP contribution >= 0.6 is 35.0 Å². The number of alkyl halides is 2. The average molecular weight is 571 g/mol. The normalized spacial score (nSPS) is 10.9. The number of hydrogen-bond donors (Lipinski definition) is 3. The highest BCUT2D eigenvalue weighted by molar-refractivity contribution is 7.98. The van der Waals surface area contributed by atoms with Gasteiger partial charge in [-0.15, -0.1) is 23.2 Å². The minimum Gasteiger partial charge on any atom is -0.369 e. The van der Waals surface area contributed by atoms with Gasteiger partial charge in [0, 0.05) is 65.2 Å². The Morgan fingerprint density at radius 2 is 1.71 bits per heavy atom. The molecule has 1 aromatic heterocycles. The van der Waals surface area contributed by atoms with E-state index in [1.165, 1.54) is 0 Å². The highest BCUT2D eigenvalue weighted by Crippen LogP contribution is 2.25. The lowest BCUT2D eigenvalue weighted by molar-refractivity contribution is -0.115. The van der Waals surface area contributed by atoms with Gasteiger partial charge >= 0.3 is 0 Å². The molecule has 0 aliphatic carbocycles. The monoisotopic (exact) mass is 569 g/mol. The van der Waals surface area contributed by atoms with Crippen LogP contribution < -0.4 is 15.5 Å². The quantitative estimate of drug-likeness (QED) is 0.170. The van der Waals surface area contributed by atoms with Gasteiger partial charge in [-0.3, -0.25) is 9.59 Å². The number of rotatable bonds is 12. The molecule has 3 N–H and O–H groups in total. The second-order valence-corrected chi connectivity index (χ2v) is 10.3. The van der Waals surface area contributed by atoms with E-state index in [0.29, 0.717) is 54.0 Å². The van der Waals surface area contributed by atoms with Crippen LogP contribution in [0.2, 0.25) is 0 Å². The van der Waals surface area contributed by atoms with E-state index in [1.807, 2.05) is 60.9 Å². The molecule has 7 nitrogen and oxygen atoms in total. The molecule has 0 saturated carbocycles. The number of aromatic nitrogens is 2. The molecule has 1 heterocycles. The van der Waals surface area contributed by atoms with Gasteiger partial charge in [0.05, 0.1) is 11.0 Å². The number of fused-ring (bicyclic) bond motifs is 1. The van der Waals surface area contributed by atoms with E-state index in [4.69, 9.17) is 23.2 Å². The summed E-state index contributed by atoms with van der Waals surface area (Å²) in [5, 5.41) is 5.87. The molecule has 10 heteroatoms. The molecular formula is C28H29Cl2N5O2S. The summed E-state index contributed by atoms with van der Waals surface area (Å²) in [6.45, 7) is 1.40. The third-order valence-corrected chi connectivity index (χ3v) is 6.85. The lowest BCUT2D eigenvalue weighted by Gasteiger charge is -2.23. The van der Waals surface area contributed by atoms with Gasteiger partial charge in [-0.25, -0.2) is 4.98 Å². The number of nitrogens with zero attached hydrogens (tertiary/aromatic N) is 2. The summed E-state index contributed by atoms with van der Waals surface area (Å²) in [4.78, 5) is 35.1. The zero-order chi connectivity index (χ0) is 26.9. The van der Waals surface area contributed by atoms with E-state index in [1.54, 1.807) is 23.9 Å². The molecule has 4 rings (SSSR count). The van der Waals surface area contributed by atoms with Gasteiger partial charge < -0.3 is 20.5 Å². The van der Waals surface area contributed by atoms with Gasteiger partial charge in [0.25, 0.3) is 5.91 Å². The summed E-state index contributed by atoms with van der Waals surface area (Å²) < 4.78 is 0. The fourth-order valence-electron chi connectivity index (χ4n) is 3.98. The molecule has 0 aliphatic rings. The Balaban J connectivity index is 1.46. The predicted molar refractivity (Wildman–Crippen MR) is 161 cm³/mol. The van der Waals surface area contributed by atoms with Crippen molar-refractivity contribution in [2.24, 2.45) is 0 Å². The first-order chi connectivity index (χ1) is 18.5. The fraction of sp³-hybridized carbons (Fsp3) is 0.250. The van der Waals surface area contributed by atoms with Crippen molar-refractivity contribution in [1.82, 2.24) is 9.97 Å². The zero-order valence-corrected chi connectivity index (χ0v) is 23.3. The maximum Gasteiger partial charge on any atom is 0.255 e. The molecule has 0 bridgehead atoms. The van der Waals surface area contributed by atoms with Gasteiger partial charge in [-0.05, 0) is 60.9 Å². The number of H-pyrrole nitrogens is 1. The fourth-order valence-corrected chi connectivity index (χ4v) is 4.78. The first-order valence-electron chi connectivity index (χ1n) is 12.2. The van der Waals surface area contributed by atoms with Gasteiger partial charge in [0.15, 0.2) is 0 Å². The van der Waals surface area contributed by atoms with E-state index < -0.39 is 0 Å². The number of thioether (sulfide) groups is 1. The standard InChI is InChI=1S/C28H29Cl2N5O2S/c1-38-16-11-26(36)31-22-4-2-3-19(17-22)27-33-24-10-5-20(18-25(24)34-27)28(37)32-21-6-8-23(9-7-21)35(14-12-29)15-13-30/h2-10,17-18H,11-16H2,1H3,(H,31,36)(H,32,37)(H,33,34). The number of nitrogens with one attached hydrogen (secondary N) is 3. The maximum absolute atomic E-state index is 12.9.